The average Bonchev–Trinajstić information content (AvgIpc) is 2.24. The molecular weight excluding hydrogens is 238 g/mol. The predicted octanol–water partition coefficient (Wildman–Crippen LogP) is 3.59. The lowest BCUT2D eigenvalue weighted by atomic mass is 10.2. The number of nitrogens with zero attached hydrogens (tertiary/aromatic N) is 2. The predicted molar refractivity (Wildman–Crippen MR) is 57.4 cm³/mol. The van der Waals surface area contributed by atoms with Crippen molar-refractivity contribution in [3.63, 3.8) is 0 Å². The summed E-state index contributed by atoms with van der Waals surface area (Å²) in [4.78, 5) is 7.64. The molecule has 2 nitrogen and oxygen atoms in total. The van der Waals surface area contributed by atoms with E-state index in [0.717, 1.165) is 12.4 Å². The van der Waals surface area contributed by atoms with Crippen LogP contribution < -0.4 is 0 Å². The summed E-state index contributed by atoms with van der Waals surface area (Å²) in [6.45, 7) is 0. The lowest BCUT2D eigenvalue weighted by Crippen LogP contribution is -1.90. The van der Waals surface area contributed by atoms with E-state index in [9.17, 15) is 4.39 Å². The van der Waals surface area contributed by atoms with Crippen LogP contribution in [0, 0.1) is 5.82 Å². The highest BCUT2D eigenvalue weighted by Crippen LogP contribution is 2.31. The van der Waals surface area contributed by atoms with E-state index in [2.05, 4.69) is 9.97 Å². The van der Waals surface area contributed by atoms with Gasteiger partial charge >= 0.3 is 0 Å². The van der Waals surface area contributed by atoms with Gasteiger partial charge in [-0.25, -0.2) is 14.4 Å². The van der Waals surface area contributed by atoms with Crippen LogP contribution in [0.1, 0.15) is 0 Å². The molecule has 0 saturated carbocycles. The quantitative estimate of drug-likeness (QED) is 0.764. The molecule has 0 fully saturated rings. The fourth-order valence-corrected chi connectivity index (χ4v) is 1.51. The largest absolute Gasteiger partial charge is 0.233 e. The Balaban J connectivity index is 2.54. The number of hydrogen-bond acceptors (Lipinski definition) is 2. The third-order valence-corrected chi connectivity index (χ3v) is 2.63. The molecule has 0 N–H and O–H groups in total. The van der Waals surface area contributed by atoms with Crippen LogP contribution in [0.3, 0.4) is 0 Å². The van der Waals surface area contributed by atoms with E-state index in [1.54, 1.807) is 18.2 Å². The second kappa shape index (κ2) is 4.13. The van der Waals surface area contributed by atoms with E-state index in [-0.39, 0.29) is 0 Å². The van der Waals surface area contributed by atoms with Gasteiger partial charge in [-0.05, 0) is 12.1 Å². The van der Waals surface area contributed by atoms with Crippen molar-refractivity contribution in [2.45, 2.75) is 0 Å². The molecule has 0 saturated heterocycles. The molecule has 0 aliphatic carbocycles. The van der Waals surface area contributed by atoms with E-state index in [1.165, 1.54) is 0 Å². The van der Waals surface area contributed by atoms with Crippen LogP contribution >= 0.6 is 23.2 Å². The van der Waals surface area contributed by atoms with Gasteiger partial charge in [-0.2, -0.15) is 0 Å². The number of hydrogen-bond donors (Lipinski definition) is 0. The highest BCUT2D eigenvalue weighted by Gasteiger charge is 2.08. The second-order valence-corrected chi connectivity index (χ2v) is 3.61. The van der Waals surface area contributed by atoms with Gasteiger partial charge in [-0.15, -0.1) is 0 Å². The van der Waals surface area contributed by atoms with Crippen molar-refractivity contribution in [1.29, 1.82) is 0 Å². The second-order valence-electron chi connectivity index (χ2n) is 2.83. The van der Waals surface area contributed by atoms with Gasteiger partial charge in [0.15, 0.2) is 11.6 Å². The van der Waals surface area contributed by atoms with E-state index >= 15 is 0 Å². The Hall–Kier alpha value is -1.19. The Kier molecular flexibility index (Phi) is 2.84. The topological polar surface area (TPSA) is 25.8 Å². The maximum atomic E-state index is 12.6. The number of halogens is 3. The maximum Gasteiger partial charge on any atom is 0.160 e. The average molecular weight is 243 g/mol. The molecule has 0 spiro atoms. The van der Waals surface area contributed by atoms with Crippen LogP contribution in [-0.4, -0.2) is 9.97 Å². The Labute approximate surface area is 95.7 Å². The lowest BCUT2D eigenvalue weighted by Gasteiger charge is -2.03. The van der Waals surface area contributed by atoms with Crippen molar-refractivity contribution < 1.29 is 4.39 Å². The van der Waals surface area contributed by atoms with Crippen LogP contribution in [-0.2, 0) is 0 Å². The summed E-state index contributed by atoms with van der Waals surface area (Å²) in [7, 11) is 0. The molecule has 0 unspecified atom stereocenters. The molecule has 0 bridgehead atoms. The van der Waals surface area contributed by atoms with Crippen LogP contribution in [0.25, 0.3) is 11.4 Å². The molecule has 0 aliphatic heterocycles. The molecule has 1 aromatic heterocycles. The highest BCUT2D eigenvalue weighted by atomic mass is 35.5. The zero-order valence-electron chi connectivity index (χ0n) is 7.42. The van der Waals surface area contributed by atoms with E-state index in [0.29, 0.717) is 21.4 Å². The summed E-state index contributed by atoms with van der Waals surface area (Å²) >= 11 is 11.8. The Bertz CT molecular complexity index is 485. The zero-order chi connectivity index (χ0) is 10.8. The first-order chi connectivity index (χ1) is 7.18. The molecule has 2 aromatic rings. The van der Waals surface area contributed by atoms with Crippen molar-refractivity contribution in [1.82, 2.24) is 9.97 Å². The van der Waals surface area contributed by atoms with Gasteiger partial charge < -0.3 is 0 Å². The van der Waals surface area contributed by atoms with Crippen molar-refractivity contribution in [2.24, 2.45) is 0 Å². The molecule has 0 amide bonds. The van der Waals surface area contributed by atoms with Crippen molar-refractivity contribution in [2.75, 3.05) is 0 Å². The molecule has 0 aliphatic rings. The summed E-state index contributed by atoms with van der Waals surface area (Å²) in [6, 6.07) is 5.12. The third kappa shape index (κ3) is 2.08. The molecule has 0 atom stereocenters. The minimum Gasteiger partial charge on any atom is -0.233 e. The van der Waals surface area contributed by atoms with Crippen molar-refractivity contribution in [3.05, 3.63) is 46.5 Å². The Morgan fingerprint density at radius 3 is 2.40 bits per heavy atom. The Morgan fingerprint density at radius 2 is 1.73 bits per heavy atom. The van der Waals surface area contributed by atoms with Gasteiger partial charge in [0.25, 0.3) is 0 Å². The normalized spacial score (nSPS) is 10.3. The van der Waals surface area contributed by atoms with Crippen molar-refractivity contribution >= 4 is 23.2 Å². The van der Waals surface area contributed by atoms with E-state index in [4.69, 9.17) is 23.2 Å². The van der Waals surface area contributed by atoms with Gasteiger partial charge in [-0.3, -0.25) is 0 Å². The molecule has 1 heterocycles. The van der Waals surface area contributed by atoms with E-state index < -0.39 is 5.82 Å². The number of rotatable bonds is 1. The van der Waals surface area contributed by atoms with Gasteiger partial charge in [-0.1, -0.05) is 29.3 Å². The van der Waals surface area contributed by atoms with Gasteiger partial charge in [0.1, 0.15) is 0 Å². The summed E-state index contributed by atoms with van der Waals surface area (Å²) in [5.41, 5.74) is 0.587. The molecule has 5 heteroatoms. The molecule has 15 heavy (non-hydrogen) atoms. The standard InChI is InChI=1S/C10H5Cl2FN2/c11-8-3-1-2-7(9(8)12)10-14-4-6(13)5-15-10/h1-5H. The molecular formula is C10H5Cl2FN2. The molecule has 76 valence electrons. The highest BCUT2D eigenvalue weighted by molar-refractivity contribution is 6.43. The van der Waals surface area contributed by atoms with Gasteiger partial charge in [0.05, 0.1) is 22.4 Å². The lowest BCUT2D eigenvalue weighted by molar-refractivity contribution is 0.614. The first-order valence-corrected chi connectivity index (χ1v) is 4.86. The smallest absolute Gasteiger partial charge is 0.160 e. The van der Waals surface area contributed by atoms with Crippen LogP contribution in [0.15, 0.2) is 30.6 Å². The monoisotopic (exact) mass is 242 g/mol. The Morgan fingerprint density at radius 1 is 1.07 bits per heavy atom. The number of aromatic nitrogens is 2. The van der Waals surface area contributed by atoms with Gasteiger partial charge in [0.2, 0.25) is 0 Å². The fourth-order valence-electron chi connectivity index (χ4n) is 1.13. The fraction of sp³-hybridized carbons (Fsp3) is 0. The summed E-state index contributed by atoms with van der Waals surface area (Å²) in [6.07, 6.45) is 2.17. The minimum atomic E-state index is -0.489. The summed E-state index contributed by atoms with van der Waals surface area (Å²) in [5.74, 6) is -0.138. The maximum absolute atomic E-state index is 12.6. The minimum absolute atomic E-state index is 0.351. The molecule has 1 aromatic carbocycles. The van der Waals surface area contributed by atoms with Crippen LogP contribution in [0.2, 0.25) is 10.0 Å². The van der Waals surface area contributed by atoms with Gasteiger partial charge in [0, 0.05) is 5.56 Å². The molecule has 0 radical (unpaired) electrons. The zero-order valence-corrected chi connectivity index (χ0v) is 8.93. The van der Waals surface area contributed by atoms with E-state index in [1.807, 2.05) is 0 Å². The number of benzene rings is 1. The SMILES string of the molecule is Fc1cnc(-c2cccc(Cl)c2Cl)nc1. The summed E-state index contributed by atoms with van der Waals surface area (Å²) in [5, 5.41) is 0.785. The van der Waals surface area contributed by atoms with Crippen LogP contribution in [0.4, 0.5) is 4.39 Å². The first kappa shape index (κ1) is 10.3. The van der Waals surface area contributed by atoms with Crippen LogP contribution in [0.5, 0.6) is 0 Å². The molecule has 2 rings (SSSR count). The first-order valence-electron chi connectivity index (χ1n) is 4.10. The third-order valence-electron chi connectivity index (χ3n) is 1.81. The van der Waals surface area contributed by atoms with Crippen molar-refractivity contribution in [3.8, 4) is 11.4 Å². The summed E-state index contributed by atoms with van der Waals surface area (Å²) < 4.78 is 12.6.